The summed E-state index contributed by atoms with van der Waals surface area (Å²) < 4.78 is 5.55. The smallest absolute Gasteiger partial charge is 0.261 e. The Morgan fingerprint density at radius 3 is 2.39 bits per heavy atom. The molecular formula is C22H20N4O4S. The second kappa shape index (κ2) is 9.05. The molecule has 1 aliphatic heterocycles. The van der Waals surface area contributed by atoms with Crippen molar-refractivity contribution in [2.24, 2.45) is 0 Å². The Hall–Kier alpha value is -3.59. The van der Waals surface area contributed by atoms with Crippen LogP contribution in [0, 0.1) is 6.92 Å². The Labute approximate surface area is 182 Å². The SMILES string of the molecule is Cc1ccc(OCCC(=O)Nc2nnc(CCN3C(=O)c4ccccc4C3=O)s2)cc1. The quantitative estimate of drug-likeness (QED) is 0.545. The van der Waals surface area contributed by atoms with Gasteiger partial charge in [-0.1, -0.05) is 41.2 Å². The number of nitrogens with one attached hydrogen (secondary N) is 1. The van der Waals surface area contributed by atoms with Crippen LogP contribution in [0.15, 0.2) is 48.5 Å². The van der Waals surface area contributed by atoms with E-state index in [1.165, 1.54) is 16.2 Å². The van der Waals surface area contributed by atoms with Gasteiger partial charge in [-0.2, -0.15) is 0 Å². The van der Waals surface area contributed by atoms with Crippen molar-refractivity contribution in [2.45, 2.75) is 19.8 Å². The summed E-state index contributed by atoms with van der Waals surface area (Å²) in [5, 5.41) is 11.7. The highest BCUT2D eigenvalue weighted by atomic mass is 32.1. The van der Waals surface area contributed by atoms with E-state index in [9.17, 15) is 14.4 Å². The number of hydrogen-bond donors (Lipinski definition) is 1. The Kier molecular flexibility index (Phi) is 6.03. The van der Waals surface area contributed by atoms with Crippen LogP contribution in [0.4, 0.5) is 5.13 Å². The van der Waals surface area contributed by atoms with E-state index in [0.29, 0.717) is 33.4 Å². The topological polar surface area (TPSA) is 101 Å². The number of carbonyl (C=O) groups excluding carboxylic acids is 3. The maximum atomic E-state index is 12.4. The molecule has 0 bridgehead atoms. The molecule has 8 nitrogen and oxygen atoms in total. The molecule has 2 heterocycles. The Bertz CT molecular complexity index is 1090. The molecule has 2 aromatic carbocycles. The lowest BCUT2D eigenvalue weighted by Crippen LogP contribution is -2.31. The number of benzene rings is 2. The average molecular weight is 436 g/mol. The van der Waals surface area contributed by atoms with E-state index in [2.05, 4.69) is 15.5 Å². The van der Waals surface area contributed by atoms with Crippen LogP contribution in [0.3, 0.4) is 0 Å². The number of amides is 3. The molecule has 0 saturated carbocycles. The molecular weight excluding hydrogens is 416 g/mol. The molecule has 1 aromatic heterocycles. The van der Waals surface area contributed by atoms with Gasteiger partial charge in [0.05, 0.1) is 24.2 Å². The Balaban J connectivity index is 1.24. The fraction of sp³-hybridized carbons (Fsp3) is 0.227. The van der Waals surface area contributed by atoms with Crippen molar-refractivity contribution in [1.82, 2.24) is 15.1 Å². The number of hydrogen-bond acceptors (Lipinski definition) is 7. The molecule has 3 amide bonds. The lowest BCUT2D eigenvalue weighted by atomic mass is 10.1. The zero-order valence-corrected chi connectivity index (χ0v) is 17.6. The summed E-state index contributed by atoms with van der Waals surface area (Å²) in [6, 6.07) is 14.4. The monoisotopic (exact) mass is 436 g/mol. The Morgan fingerprint density at radius 1 is 1.03 bits per heavy atom. The van der Waals surface area contributed by atoms with Crippen LogP contribution in [-0.2, 0) is 11.2 Å². The van der Waals surface area contributed by atoms with Crippen LogP contribution in [0.2, 0.25) is 0 Å². The molecule has 0 aliphatic carbocycles. The molecule has 0 spiro atoms. The largest absolute Gasteiger partial charge is 0.493 e. The average Bonchev–Trinajstić information content (AvgIpc) is 3.31. The molecule has 4 rings (SSSR count). The molecule has 31 heavy (non-hydrogen) atoms. The molecule has 1 aliphatic rings. The highest BCUT2D eigenvalue weighted by molar-refractivity contribution is 7.15. The third-order valence-corrected chi connectivity index (χ3v) is 5.66. The van der Waals surface area contributed by atoms with Gasteiger partial charge in [-0.25, -0.2) is 0 Å². The molecule has 0 atom stereocenters. The second-order valence-corrected chi connectivity index (χ2v) is 8.08. The fourth-order valence-corrected chi connectivity index (χ4v) is 3.88. The number of aromatic nitrogens is 2. The lowest BCUT2D eigenvalue weighted by Gasteiger charge is -2.12. The van der Waals surface area contributed by atoms with E-state index in [0.717, 1.165) is 5.56 Å². The van der Waals surface area contributed by atoms with Gasteiger partial charge in [0.25, 0.3) is 11.8 Å². The van der Waals surface area contributed by atoms with Crippen LogP contribution >= 0.6 is 11.3 Å². The number of fused-ring (bicyclic) bond motifs is 1. The van der Waals surface area contributed by atoms with Gasteiger partial charge in [0.2, 0.25) is 11.0 Å². The van der Waals surface area contributed by atoms with Gasteiger partial charge in [0.15, 0.2) is 0 Å². The molecule has 158 valence electrons. The van der Waals surface area contributed by atoms with Crippen LogP contribution in [0.5, 0.6) is 5.75 Å². The molecule has 0 saturated heterocycles. The van der Waals surface area contributed by atoms with E-state index in [1.807, 2.05) is 31.2 Å². The maximum absolute atomic E-state index is 12.4. The van der Waals surface area contributed by atoms with Crippen LogP contribution in [0.1, 0.15) is 37.7 Å². The zero-order chi connectivity index (χ0) is 21.8. The van der Waals surface area contributed by atoms with Gasteiger partial charge in [0.1, 0.15) is 10.8 Å². The van der Waals surface area contributed by atoms with E-state index in [1.54, 1.807) is 24.3 Å². The molecule has 0 fully saturated rings. The normalized spacial score (nSPS) is 12.7. The predicted molar refractivity (Wildman–Crippen MR) is 115 cm³/mol. The standard InChI is InChI=1S/C22H20N4O4S/c1-14-6-8-15(9-7-14)30-13-11-18(27)23-22-25-24-19(31-22)10-12-26-20(28)16-4-2-3-5-17(16)21(26)29/h2-9H,10-13H2,1H3,(H,23,25,27). The minimum atomic E-state index is -0.299. The van der Waals surface area contributed by atoms with E-state index in [4.69, 9.17) is 4.74 Å². The summed E-state index contributed by atoms with van der Waals surface area (Å²) in [4.78, 5) is 38.1. The highest BCUT2D eigenvalue weighted by Crippen LogP contribution is 2.23. The summed E-state index contributed by atoms with van der Waals surface area (Å²) in [7, 11) is 0. The van der Waals surface area contributed by atoms with Crippen LogP contribution < -0.4 is 10.1 Å². The second-order valence-electron chi connectivity index (χ2n) is 7.02. The number of ether oxygens (including phenoxy) is 1. The van der Waals surface area contributed by atoms with Crippen molar-refractivity contribution < 1.29 is 19.1 Å². The summed E-state index contributed by atoms with van der Waals surface area (Å²) in [5.41, 5.74) is 1.98. The van der Waals surface area contributed by atoms with Crippen molar-refractivity contribution in [3.63, 3.8) is 0 Å². The molecule has 9 heteroatoms. The summed E-state index contributed by atoms with van der Waals surface area (Å²) >= 11 is 1.22. The van der Waals surface area contributed by atoms with Gasteiger partial charge in [0, 0.05) is 13.0 Å². The molecule has 0 radical (unpaired) electrons. The summed E-state index contributed by atoms with van der Waals surface area (Å²) in [5.74, 6) is -0.112. The van der Waals surface area contributed by atoms with Gasteiger partial charge in [-0.15, -0.1) is 10.2 Å². The highest BCUT2D eigenvalue weighted by Gasteiger charge is 2.34. The number of aryl methyl sites for hydroxylation is 1. The minimum Gasteiger partial charge on any atom is -0.493 e. The van der Waals surface area contributed by atoms with Crippen LogP contribution in [0.25, 0.3) is 0 Å². The van der Waals surface area contributed by atoms with E-state index >= 15 is 0 Å². The third kappa shape index (κ3) is 4.77. The fourth-order valence-electron chi connectivity index (χ4n) is 3.13. The maximum Gasteiger partial charge on any atom is 0.261 e. The van der Waals surface area contributed by atoms with Crippen molar-refractivity contribution in [3.05, 3.63) is 70.2 Å². The van der Waals surface area contributed by atoms with Gasteiger partial charge in [-0.3, -0.25) is 19.3 Å². The van der Waals surface area contributed by atoms with Crippen molar-refractivity contribution in [3.8, 4) is 5.75 Å². The minimum absolute atomic E-state index is 0.178. The predicted octanol–water partition coefficient (Wildman–Crippen LogP) is 3.09. The van der Waals surface area contributed by atoms with Gasteiger partial charge < -0.3 is 10.1 Å². The van der Waals surface area contributed by atoms with Gasteiger partial charge >= 0.3 is 0 Å². The molecule has 1 N–H and O–H groups in total. The molecule has 0 unspecified atom stereocenters. The summed E-state index contributed by atoms with van der Waals surface area (Å²) in [6.45, 7) is 2.45. The number of nitrogens with zero attached hydrogens (tertiary/aromatic N) is 3. The van der Waals surface area contributed by atoms with Crippen LogP contribution in [-0.4, -0.2) is 46.0 Å². The number of rotatable bonds is 8. The van der Waals surface area contributed by atoms with E-state index < -0.39 is 0 Å². The summed E-state index contributed by atoms with van der Waals surface area (Å²) in [6.07, 6.45) is 0.549. The van der Waals surface area contributed by atoms with Gasteiger partial charge in [-0.05, 0) is 31.2 Å². The first kappa shape index (κ1) is 20.7. The molecule has 3 aromatic rings. The number of carbonyl (C=O) groups is 3. The first-order chi connectivity index (χ1) is 15.0. The number of imide groups is 1. The zero-order valence-electron chi connectivity index (χ0n) is 16.8. The third-order valence-electron chi connectivity index (χ3n) is 4.76. The lowest BCUT2D eigenvalue weighted by molar-refractivity contribution is -0.116. The van der Waals surface area contributed by atoms with Crippen molar-refractivity contribution >= 4 is 34.2 Å². The number of anilines is 1. The Morgan fingerprint density at radius 2 is 1.71 bits per heavy atom. The van der Waals surface area contributed by atoms with Crippen molar-refractivity contribution in [2.75, 3.05) is 18.5 Å². The van der Waals surface area contributed by atoms with Crippen molar-refractivity contribution in [1.29, 1.82) is 0 Å². The first-order valence-electron chi connectivity index (χ1n) is 9.78. The first-order valence-corrected chi connectivity index (χ1v) is 10.6. The van der Waals surface area contributed by atoms with E-state index in [-0.39, 0.29) is 37.3 Å².